The van der Waals surface area contributed by atoms with E-state index in [4.69, 9.17) is 18.9 Å². The molecule has 1 saturated heterocycles. The van der Waals surface area contributed by atoms with E-state index in [1.54, 1.807) is 36.4 Å². The van der Waals surface area contributed by atoms with E-state index in [-0.39, 0.29) is 11.3 Å². The van der Waals surface area contributed by atoms with E-state index in [1.807, 2.05) is 32.0 Å². The van der Waals surface area contributed by atoms with Gasteiger partial charge in [0, 0.05) is 5.56 Å². The molecule has 0 spiro atoms. The number of thiazole rings is 1. The Kier molecular flexibility index (Phi) is 6.55. The number of nitrogens with zero attached hydrogens (tertiary/aromatic N) is 2. The number of Topliss-reactive ketones (excluding diaryl/α,β-unsaturated/α-hetero) is 1. The fourth-order valence-corrected chi connectivity index (χ4v) is 6.03. The standard InChI is InChI=1S/C30H26N2O7S/c1-4-37-20-9-6-17(14-22(20)36-3)26-25(27(33)18-7-10-21-23(15-18)39-12-11-38-21)28(34)29(35)32(26)30-31-19-8-5-16(2)13-24(19)40-30/h5-10,13-15,26,33H,4,11-12H2,1-3H3. The highest BCUT2D eigenvalue weighted by Crippen LogP contribution is 2.46. The Morgan fingerprint density at radius 3 is 2.62 bits per heavy atom. The highest BCUT2D eigenvalue weighted by Gasteiger charge is 2.48. The fraction of sp³-hybridized carbons (Fsp3) is 0.233. The van der Waals surface area contributed by atoms with Gasteiger partial charge >= 0.3 is 5.91 Å². The maximum absolute atomic E-state index is 13.6. The van der Waals surface area contributed by atoms with Crippen LogP contribution < -0.4 is 23.8 Å². The van der Waals surface area contributed by atoms with Crippen molar-refractivity contribution in [2.45, 2.75) is 19.9 Å². The van der Waals surface area contributed by atoms with Gasteiger partial charge in [0.15, 0.2) is 28.1 Å². The van der Waals surface area contributed by atoms with Crippen LogP contribution in [0.3, 0.4) is 0 Å². The first-order valence-electron chi connectivity index (χ1n) is 12.8. The number of fused-ring (bicyclic) bond motifs is 2. The molecule has 0 saturated carbocycles. The molecule has 0 aliphatic carbocycles. The van der Waals surface area contributed by atoms with Crippen molar-refractivity contribution in [3.8, 4) is 23.0 Å². The van der Waals surface area contributed by atoms with Crippen LogP contribution in [0.2, 0.25) is 0 Å². The number of aryl methyl sites for hydroxylation is 1. The number of hydrogen-bond acceptors (Lipinski definition) is 9. The number of ketones is 1. The first-order chi connectivity index (χ1) is 19.4. The lowest BCUT2D eigenvalue weighted by Crippen LogP contribution is -2.29. The Morgan fingerprint density at radius 2 is 1.85 bits per heavy atom. The molecule has 1 fully saturated rings. The molecule has 204 valence electrons. The first kappa shape index (κ1) is 25.7. The Morgan fingerprint density at radius 1 is 1.05 bits per heavy atom. The molecule has 1 unspecified atom stereocenters. The number of carbonyl (C=O) groups is 2. The molecular weight excluding hydrogens is 532 g/mol. The van der Waals surface area contributed by atoms with Crippen LogP contribution in [0.15, 0.2) is 60.2 Å². The third kappa shape index (κ3) is 4.30. The van der Waals surface area contributed by atoms with E-state index in [1.165, 1.54) is 23.3 Å². The summed E-state index contributed by atoms with van der Waals surface area (Å²) in [6.45, 7) is 5.06. The van der Waals surface area contributed by atoms with Crippen molar-refractivity contribution in [1.29, 1.82) is 0 Å². The van der Waals surface area contributed by atoms with E-state index >= 15 is 0 Å². The van der Waals surface area contributed by atoms with Crippen LogP contribution >= 0.6 is 11.3 Å². The number of aliphatic hydroxyl groups excluding tert-OH is 1. The number of rotatable bonds is 6. The summed E-state index contributed by atoms with van der Waals surface area (Å²) in [7, 11) is 1.52. The monoisotopic (exact) mass is 558 g/mol. The van der Waals surface area contributed by atoms with Gasteiger partial charge < -0.3 is 24.1 Å². The number of anilines is 1. The number of carbonyl (C=O) groups excluding carboxylic acids is 2. The molecule has 2 aliphatic rings. The summed E-state index contributed by atoms with van der Waals surface area (Å²) in [5.74, 6) is 0.0180. The number of hydrogen-bond donors (Lipinski definition) is 1. The van der Waals surface area contributed by atoms with Crippen LogP contribution in [-0.2, 0) is 9.59 Å². The zero-order valence-corrected chi connectivity index (χ0v) is 22.9. The van der Waals surface area contributed by atoms with Gasteiger partial charge in [-0.05, 0) is 67.4 Å². The molecule has 2 aliphatic heterocycles. The van der Waals surface area contributed by atoms with Crippen molar-refractivity contribution < 1.29 is 33.6 Å². The summed E-state index contributed by atoms with van der Waals surface area (Å²) in [6, 6.07) is 14.9. The molecule has 4 aromatic rings. The van der Waals surface area contributed by atoms with Crippen LogP contribution in [0.5, 0.6) is 23.0 Å². The van der Waals surface area contributed by atoms with Gasteiger partial charge in [0.05, 0.1) is 35.5 Å². The lowest BCUT2D eigenvalue weighted by atomic mass is 9.95. The first-order valence-corrected chi connectivity index (χ1v) is 13.6. The quantitative estimate of drug-likeness (QED) is 0.190. The summed E-state index contributed by atoms with van der Waals surface area (Å²) in [6.07, 6.45) is 0. The Hall–Kier alpha value is -4.57. The SMILES string of the molecule is CCOc1ccc(C2C(=C(O)c3ccc4c(c3)OCCO4)C(=O)C(=O)N2c2nc3ccc(C)cc3s2)cc1OC. The van der Waals surface area contributed by atoms with Crippen LogP contribution in [-0.4, -0.2) is 48.7 Å². The molecule has 40 heavy (non-hydrogen) atoms. The number of aliphatic hydroxyl groups is 1. The second-order valence-electron chi connectivity index (χ2n) is 9.34. The maximum atomic E-state index is 13.6. The average molecular weight is 559 g/mol. The predicted molar refractivity (Wildman–Crippen MR) is 151 cm³/mol. The fourth-order valence-electron chi connectivity index (χ4n) is 4.94. The molecular formula is C30H26N2O7S. The lowest BCUT2D eigenvalue weighted by molar-refractivity contribution is -0.132. The minimum atomic E-state index is -0.973. The number of benzene rings is 3. The molecule has 1 atom stereocenters. The largest absolute Gasteiger partial charge is 0.507 e. The van der Waals surface area contributed by atoms with Crippen LogP contribution in [0.1, 0.15) is 29.7 Å². The normalized spacial score (nSPS) is 17.9. The van der Waals surface area contributed by atoms with Crippen LogP contribution in [0.4, 0.5) is 5.13 Å². The number of amides is 1. The highest BCUT2D eigenvalue weighted by atomic mass is 32.1. The zero-order chi connectivity index (χ0) is 28.0. The molecule has 0 radical (unpaired) electrons. The Bertz CT molecular complexity index is 1690. The summed E-state index contributed by atoms with van der Waals surface area (Å²) in [4.78, 5) is 33.3. The third-order valence-electron chi connectivity index (χ3n) is 6.80. The molecule has 1 aromatic heterocycles. The van der Waals surface area contributed by atoms with Crippen molar-refractivity contribution >= 4 is 44.1 Å². The topological polar surface area (TPSA) is 107 Å². The molecule has 3 heterocycles. The summed E-state index contributed by atoms with van der Waals surface area (Å²) < 4.78 is 23.4. The van der Waals surface area contributed by atoms with Gasteiger partial charge in [-0.3, -0.25) is 14.5 Å². The minimum Gasteiger partial charge on any atom is -0.507 e. The highest BCUT2D eigenvalue weighted by molar-refractivity contribution is 7.22. The van der Waals surface area contributed by atoms with Gasteiger partial charge in [0.25, 0.3) is 5.78 Å². The van der Waals surface area contributed by atoms with Crippen molar-refractivity contribution in [2.75, 3.05) is 31.8 Å². The summed E-state index contributed by atoms with van der Waals surface area (Å²) in [5.41, 5.74) is 2.57. The second kappa shape index (κ2) is 10.2. The van der Waals surface area contributed by atoms with Crippen molar-refractivity contribution in [3.05, 3.63) is 76.9 Å². The Balaban J connectivity index is 1.55. The van der Waals surface area contributed by atoms with E-state index in [2.05, 4.69) is 4.98 Å². The average Bonchev–Trinajstić information content (AvgIpc) is 3.50. The maximum Gasteiger partial charge on any atom is 0.301 e. The predicted octanol–water partition coefficient (Wildman–Crippen LogP) is 5.41. The van der Waals surface area contributed by atoms with E-state index in [0.29, 0.717) is 64.6 Å². The Labute approximate surface area is 234 Å². The van der Waals surface area contributed by atoms with Crippen LogP contribution in [0, 0.1) is 6.92 Å². The third-order valence-corrected chi connectivity index (χ3v) is 7.82. The second-order valence-corrected chi connectivity index (χ2v) is 10.3. The summed E-state index contributed by atoms with van der Waals surface area (Å²) in [5, 5.41) is 11.9. The van der Waals surface area contributed by atoms with Gasteiger partial charge in [-0.25, -0.2) is 4.98 Å². The number of aromatic nitrogens is 1. The smallest absolute Gasteiger partial charge is 0.301 e. The minimum absolute atomic E-state index is 0.0664. The summed E-state index contributed by atoms with van der Waals surface area (Å²) >= 11 is 1.31. The van der Waals surface area contributed by atoms with Crippen LogP contribution in [0.25, 0.3) is 16.0 Å². The molecule has 10 heteroatoms. The van der Waals surface area contributed by atoms with Gasteiger partial charge in [-0.2, -0.15) is 0 Å². The lowest BCUT2D eigenvalue weighted by Gasteiger charge is -2.24. The molecule has 1 N–H and O–H groups in total. The molecule has 3 aromatic carbocycles. The van der Waals surface area contributed by atoms with Gasteiger partial charge in [0.2, 0.25) is 0 Å². The van der Waals surface area contributed by atoms with Gasteiger partial charge in [0.1, 0.15) is 19.0 Å². The number of ether oxygens (including phenoxy) is 4. The number of methoxy groups -OCH3 is 1. The van der Waals surface area contributed by atoms with E-state index in [0.717, 1.165) is 10.3 Å². The zero-order valence-electron chi connectivity index (χ0n) is 22.1. The van der Waals surface area contributed by atoms with Crippen molar-refractivity contribution in [2.24, 2.45) is 0 Å². The molecule has 9 nitrogen and oxygen atoms in total. The van der Waals surface area contributed by atoms with Gasteiger partial charge in [-0.1, -0.05) is 23.5 Å². The van der Waals surface area contributed by atoms with E-state index in [9.17, 15) is 14.7 Å². The molecule has 6 rings (SSSR count). The molecule has 1 amide bonds. The van der Waals surface area contributed by atoms with E-state index < -0.39 is 17.7 Å². The van der Waals surface area contributed by atoms with Gasteiger partial charge in [-0.15, -0.1) is 0 Å². The van der Waals surface area contributed by atoms with Crippen molar-refractivity contribution in [1.82, 2.24) is 4.98 Å². The van der Waals surface area contributed by atoms with Crippen molar-refractivity contribution in [3.63, 3.8) is 0 Å². The molecule has 0 bridgehead atoms.